The number of aromatic nitrogens is 3. The van der Waals surface area contributed by atoms with Crippen molar-refractivity contribution in [3.8, 4) is 11.3 Å². The van der Waals surface area contributed by atoms with Gasteiger partial charge in [0.25, 0.3) is 5.91 Å². The SMILES string of the molecule is O=C(Nc1cccc(-c2cnc3c(NC(=O)c4ccc(F)c(Cl)c4)nccn23)c1)Nc1ccc(Cl)c(C(F)(F)F)c1. The maximum Gasteiger partial charge on any atom is 0.417 e. The van der Waals surface area contributed by atoms with Gasteiger partial charge in [-0.3, -0.25) is 9.20 Å². The number of urea groups is 1. The van der Waals surface area contributed by atoms with Crippen molar-refractivity contribution < 1.29 is 27.2 Å². The Labute approximate surface area is 238 Å². The number of carbonyl (C=O) groups is 2. The van der Waals surface area contributed by atoms with Crippen LogP contribution in [0.3, 0.4) is 0 Å². The molecule has 8 nitrogen and oxygen atoms in total. The van der Waals surface area contributed by atoms with E-state index >= 15 is 0 Å². The zero-order valence-corrected chi connectivity index (χ0v) is 21.9. The number of nitrogens with zero attached hydrogens (tertiary/aromatic N) is 3. The van der Waals surface area contributed by atoms with Crippen molar-refractivity contribution in [3.63, 3.8) is 0 Å². The minimum Gasteiger partial charge on any atom is -0.308 e. The molecule has 0 aliphatic carbocycles. The zero-order valence-electron chi connectivity index (χ0n) is 20.4. The summed E-state index contributed by atoms with van der Waals surface area (Å²) < 4.78 is 54.5. The first-order valence-electron chi connectivity index (χ1n) is 11.6. The lowest BCUT2D eigenvalue weighted by Crippen LogP contribution is -2.20. The van der Waals surface area contributed by atoms with Gasteiger partial charge in [-0.15, -0.1) is 0 Å². The lowest BCUT2D eigenvalue weighted by molar-refractivity contribution is -0.137. The maximum atomic E-state index is 13.5. The second-order valence-electron chi connectivity index (χ2n) is 8.55. The molecule has 0 spiro atoms. The van der Waals surface area contributed by atoms with Crippen molar-refractivity contribution in [2.24, 2.45) is 0 Å². The Morgan fingerprint density at radius 3 is 2.34 bits per heavy atom. The van der Waals surface area contributed by atoms with Gasteiger partial charge < -0.3 is 16.0 Å². The Bertz CT molecular complexity index is 1810. The number of rotatable bonds is 5. The first-order valence-corrected chi connectivity index (χ1v) is 12.4. The second kappa shape index (κ2) is 11.1. The molecule has 0 saturated carbocycles. The first kappa shape index (κ1) is 27.9. The maximum absolute atomic E-state index is 13.5. The number of carbonyl (C=O) groups excluding carboxylic acids is 2. The predicted molar refractivity (Wildman–Crippen MR) is 147 cm³/mol. The number of nitrogens with one attached hydrogen (secondary N) is 3. The smallest absolute Gasteiger partial charge is 0.308 e. The van der Waals surface area contributed by atoms with Gasteiger partial charge in [0.15, 0.2) is 11.5 Å². The molecule has 0 saturated heterocycles. The molecule has 0 bridgehead atoms. The van der Waals surface area contributed by atoms with E-state index in [1.165, 1.54) is 30.6 Å². The average molecular weight is 603 g/mol. The molecule has 0 aliphatic rings. The number of hydrogen-bond acceptors (Lipinski definition) is 4. The molecule has 2 heterocycles. The fourth-order valence-electron chi connectivity index (χ4n) is 3.91. The van der Waals surface area contributed by atoms with Crippen LogP contribution in [0.5, 0.6) is 0 Å². The van der Waals surface area contributed by atoms with E-state index in [0.717, 1.165) is 18.2 Å². The third-order valence-electron chi connectivity index (χ3n) is 5.79. The third-order valence-corrected chi connectivity index (χ3v) is 6.41. The van der Waals surface area contributed by atoms with Crippen LogP contribution in [0.15, 0.2) is 79.3 Å². The highest BCUT2D eigenvalue weighted by molar-refractivity contribution is 6.31. The van der Waals surface area contributed by atoms with E-state index in [1.54, 1.807) is 34.9 Å². The van der Waals surface area contributed by atoms with Crippen molar-refractivity contribution in [1.82, 2.24) is 14.4 Å². The van der Waals surface area contributed by atoms with Gasteiger partial charge in [-0.25, -0.2) is 19.2 Å². The molecule has 2 aromatic heterocycles. The molecule has 3 N–H and O–H groups in total. The van der Waals surface area contributed by atoms with Crippen LogP contribution in [0.4, 0.5) is 39.5 Å². The molecular formula is C27H16Cl2F4N6O2. The summed E-state index contributed by atoms with van der Waals surface area (Å²) in [6, 6.07) is 12.5. The Morgan fingerprint density at radius 1 is 0.854 bits per heavy atom. The monoisotopic (exact) mass is 602 g/mol. The molecule has 0 radical (unpaired) electrons. The summed E-state index contributed by atoms with van der Waals surface area (Å²) >= 11 is 11.4. The quantitative estimate of drug-likeness (QED) is 0.179. The van der Waals surface area contributed by atoms with Crippen molar-refractivity contribution in [2.75, 3.05) is 16.0 Å². The van der Waals surface area contributed by atoms with Gasteiger partial charge in [0.05, 0.1) is 27.5 Å². The highest BCUT2D eigenvalue weighted by atomic mass is 35.5. The number of imidazole rings is 1. The standard InChI is InChI=1S/C27H16Cl2F4N6O2/c28-19-6-5-17(12-18(19)27(31,32)33)37-26(41)36-16-3-1-2-14(10-16)22-13-35-24-23(34-8-9-39(22)24)38-25(40)15-4-7-21(30)20(29)11-15/h1-13H,(H,34,38,40)(H2,36,37,41). The number of halogens is 6. The molecular weight excluding hydrogens is 587 g/mol. The Kier molecular flexibility index (Phi) is 7.52. The number of amides is 3. The molecule has 5 rings (SSSR count). The summed E-state index contributed by atoms with van der Waals surface area (Å²) in [6.07, 6.45) is -0.0799. The second-order valence-corrected chi connectivity index (χ2v) is 9.36. The fraction of sp³-hybridized carbons (Fsp3) is 0.0370. The minimum atomic E-state index is -4.68. The van der Waals surface area contributed by atoms with E-state index in [1.807, 2.05) is 0 Å². The van der Waals surface area contributed by atoms with E-state index in [0.29, 0.717) is 22.6 Å². The minimum absolute atomic E-state index is 0.0952. The number of benzene rings is 3. The molecule has 0 atom stereocenters. The van der Waals surface area contributed by atoms with E-state index in [2.05, 4.69) is 25.9 Å². The lowest BCUT2D eigenvalue weighted by atomic mass is 10.1. The van der Waals surface area contributed by atoms with Crippen molar-refractivity contribution in [3.05, 3.63) is 106 Å². The van der Waals surface area contributed by atoms with Crippen LogP contribution < -0.4 is 16.0 Å². The number of fused-ring (bicyclic) bond motifs is 1. The fourth-order valence-corrected chi connectivity index (χ4v) is 4.31. The predicted octanol–water partition coefficient (Wildman–Crippen LogP) is 7.76. The number of anilines is 3. The first-order chi connectivity index (χ1) is 19.5. The topological polar surface area (TPSA) is 100 Å². The molecule has 5 aromatic rings. The zero-order chi connectivity index (χ0) is 29.3. The summed E-state index contributed by atoms with van der Waals surface area (Å²) in [5.41, 5.74) is 0.811. The Balaban J connectivity index is 1.35. The van der Waals surface area contributed by atoms with Crippen LogP contribution in [0.2, 0.25) is 10.0 Å². The number of alkyl halides is 3. The molecule has 3 amide bonds. The van der Waals surface area contributed by atoms with Crippen LogP contribution in [-0.4, -0.2) is 26.3 Å². The van der Waals surface area contributed by atoms with E-state index in [-0.39, 0.29) is 22.1 Å². The van der Waals surface area contributed by atoms with Crippen molar-refractivity contribution >= 4 is 58.0 Å². The van der Waals surface area contributed by atoms with E-state index < -0.39 is 34.5 Å². The summed E-state index contributed by atoms with van der Waals surface area (Å²) in [7, 11) is 0. The molecule has 0 unspecified atom stereocenters. The molecule has 0 aliphatic heterocycles. The summed E-state index contributed by atoms with van der Waals surface area (Å²) in [4.78, 5) is 33.7. The molecule has 14 heteroatoms. The van der Waals surface area contributed by atoms with Gasteiger partial charge in [-0.1, -0.05) is 35.3 Å². The van der Waals surface area contributed by atoms with Crippen LogP contribution in [0.1, 0.15) is 15.9 Å². The average Bonchev–Trinajstić information content (AvgIpc) is 3.36. The molecule has 208 valence electrons. The summed E-state index contributed by atoms with van der Waals surface area (Å²) in [5, 5.41) is 6.88. The van der Waals surface area contributed by atoms with Gasteiger partial charge in [0.2, 0.25) is 0 Å². The van der Waals surface area contributed by atoms with Gasteiger partial charge in [0.1, 0.15) is 5.82 Å². The van der Waals surface area contributed by atoms with E-state index in [9.17, 15) is 27.2 Å². The van der Waals surface area contributed by atoms with Gasteiger partial charge in [-0.2, -0.15) is 13.2 Å². The van der Waals surface area contributed by atoms with Crippen molar-refractivity contribution in [2.45, 2.75) is 6.18 Å². The Hall–Kier alpha value is -4.68. The van der Waals surface area contributed by atoms with Crippen LogP contribution in [-0.2, 0) is 6.18 Å². The van der Waals surface area contributed by atoms with Crippen molar-refractivity contribution in [1.29, 1.82) is 0 Å². The van der Waals surface area contributed by atoms with Crippen LogP contribution in [0.25, 0.3) is 16.9 Å². The lowest BCUT2D eigenvalue weighted by Gasteiger charge is -2.13. The van der Waals surface area contributed by atoms with E-state index in [4.69, 9.17) is 23.2 Å². The van der Waals surface area contributed by atoms with Gasteiger partial charge in [0, 0.05) is 34.9 Å². The normalized spacial score (nSPS) is 11.4. The molecule has 0 fully saturated rings. The third kappa shape index (κ3) is 6.08. The summed E-state index contributed by atoms with van der Waals surface area (Å²) in [6.45, 7) is 0. The highest BCUT2D eigenvalue weighted by Crippen LogP contribution is 2.36. The van der Waals surface area contributed by atoms with Gasteiger partial charge >= 0.3 is 12.2 Å². The highest BCUT2D eigenvalue weighted by Gasteiger charge is 2.33. The van der Waals surface area contributed by atoms with Gasteiger partial charge in [-0.05, 0) is 48.5 Å². The largest absolute Gasteiger partial charge is 0.417 e. The summed E-state index contributed by atoms with van der Waals surface area (Å²) in [5.74, 6) is -1.09. The molecule has 41 heavy (non-hydrogen) atoms. The molecule has 3 aromatic carbocycles. The van der Waals surface area contributed by atoms with Crippen LogP contribution in [0, 0.1) is 5.82 Å². The number of hydrogen-bond donors (Lipinski definition) is 3. The Morgan fingerprint density at radius 2 is 1.61 bits per heavy atom. The van der Waals surface area contributed by atoms with Crippen LogP contribution >= 0.6 is 23.2 Å².